The first kappa shape index (κ1) is 12.1. The molecule has 2 rings (SSSR count). The van der Waals surface area contributed by atoms with Gasteiger partial charge in [-0.05, 0) is 31.9 Å². The molecule has 1 unspecified atom stereocenters. The number of nitrogens with one attached hydrogen (secondary N) is 2. The van der Waals surface area contributed by atoms with Gasteiger partial charge in [0.05, 0.1) is 18.7 Å². The average molecular weight is 236 g/mol. The number of nitrogens with zero attached hydrogens (tertiary/aromatic N) is 2. The van der Waals surface area contributed by atoms with Gasteiger partial charge in [-0.2, -0.15) is 5.10 Å². The van der Waals surface area contributed by atoms with Crippen molar-refractivity contribution >= 4 is 5.91 Å². The largest absolute Gasteiger partial charge is 0.354 e. The predicted molar refractivity (Wildman–Crippen MR) is 65.6 cm³/mol. The van der Waals surface area contributed by atoms with Gasteiger partial charge in [0.2, 0.25) is 5.91 Å². The predicted octanol–water partition coefficient (Wildman–Crippen LogP) is 0.307. The van der Waals surface area contributed by atoms with Crippen molar-refractivity contribution < 1.29 is 4.79 Å². The second kappa shape index (κ2) is 5.82. The van der Waals surface area contributed by atoms with E-state index in [2.05, 4.69) is 15.7 Å². The first-order chi connectivity index (χ1) is 8.25. The zero-order valence-electron chi connectivity index (χ0n) is 10.3. The summed E-state index contributed by atoms with van der Waals surface area (Å²) in [6.45, 7) is 5.25. The molecule has 1 saturated heterocycles. The van der Waals surface area contributed by atoms with E-state index in [1.54, 1.807) is 0 Å². The Kier molecular flexibility index (Phi) is 4.14. The summed E-state index contributed by atoms with van der Waals surface area (Å²) < 4.78 is 1.86. The molecule has 2 N–H and O–H groups in total. The molecule has 17 heavy (non-hydrogen) atoms. The molecule has 0 aromatic carbocycles. The second-order valence-corrected chi connectivity index (χ2v) is 4.62. The fourth-order valence-electron chi connectivity index (χ4n) is 2.10. The summed E-state index contributed by atoms with van der Waals surface area (Å²) in [4.78, 5) is 11.8. The van der Waals surface area contributed by atoms with Crippen molar-refractivity contribution in [3.63, 3.8) is 0 Å². The van der Waals surface area contributed by atoms with Gasteiger partial charge in [-0.25, -0.2) is 0 Å². The van der Waals surface area contributed by atoms with E-state index in [1.165, 1.54) is 0 Å². The number of amides is 1. The lowest BCUT2D eigenvalue weighted by Crippen LogP contribution is -2.41. The summed E-state index contributed by atoms with van der Waals surface area (Å²) in [5.41, 5.74) is 1.15. The molecule has 0 aliphatic carbocycles. The Balaban J connectivity index is 1.69. The van der Waals surface area contributed by atoms with Crippen molar-refractivity contribution in [3.8, 4) is 0 Å². The molecule has 94 valence electrons. The fourth-order valence-corrected chi connectivity index (χ4v) is 2.10. The van der Waals surface area contributed by atoms with Crippen molar-refractivity contribution in [1.29, 1.82) is 0 Å². The molecule has 0 bridgehead atoms. The Hall–Kier alpha value is -1.36. The molecule has 0 saturated carbocycles. The number of hydrogen-bond donors (Lipinski definition) is 2. The van der Waals surface area contributed by atoms with E-state index in [1.807, 2.05) is 24.0 Å². The number of piperidine rings is 1. The Morgan fingerprint density at radius 2 is 2.59 bits per heavy atom. The number of aromatic nitrogens is 2. The van der Waals surface area contributed by atoms with Crippen LogP contribution >= 0.6 is 0 Å². The van der Waals surface area contributed by atoms with Crippen LogP contribution in [0.5, 0.6) is 0 Å². The summed E-state index contributed by atoms with van der Waals surface area (Å²) in [5, 5.41) is 10.4. The molecule has 1 aromatic heterocycles. The highest BCUT2D eigenvalue weighted by atomic mass is 16.1. The van der Waals surface area contributed by atoms with Crippen LogP contribution in [0.15, 0.2) is 12.4 Å². The van der Waals surface area contributed by atoms with Gasteiger partial charge in [-0.1, -0.05) is 0 Å². The Bertz CT molecular complexity index is 368. The number of carbonyl (C=O) groups is 1. The van der Waals surface area contributed by atoms with E-state index < -0.39 is 0 Å². The van der Waals surface area contributed by atoms with E-state index in [0.29, 0.717) is 6.54 Å². The normalized spacial score (nSPS) is 20.2. The lowest BCUT2D eigenvalue weighted by molar-refractivity contribution is -0.125. The van der Waals surface area contributed by atoms with Gasteiger partial charge in [0.15, 0.2) is 0 Å². The maximum absolute atomic E-state index is 11.8. The van der Waals surface area contributed by atoms with Gasteiger partial charge in [0, 0.05) is 19.3 Å². The summed E-state index contributed by atoms with van der Waals surface area (Å²) >= 11 is 0. The van der Waals surface area contributed by atoms with Gasteiger partial charge in [0.1, 0.15) is 0 Å². The lowest BCUT2D eigenvalue weighted by atomic mass is 9.99. The van der Waals surface area contributed by atoms with Gasteiger partial charge < -0.3 is 10.6 Å². The SMILES string of the molecule is Cc1cnn(CCNC(=O)C2CCCNC2)c1. The van der Waals surface area contributed by atoms with E-state index in [-0.39, 0.29) is 11.8 Å². The highest BCUT2D eigenvalue weighted by molar-refractivity contribution is 5.78. The van der Waals surface area contributed by atoms with Crippen LogP contribution < -0.4 is 10.6 Å². The molecule has 5 heteroatoms. The van der Waals surface area contributed by atoms with Crippen LogP contribution in [0.3, 0.4) is 0 Å². The monoisotopic (exact) mass is 236 g/mol. The third-order valence-electron chi connectivity index (χ3n) is 3.07. The molecule has 1 aromatic rings. The Morgan fingerprint density at radius 1 is 1.71 bits per heavy atom. The van der Waals surface area contributed by atoms with Crippen molar-refractivity contribution in [2.75, 3.05) is 19.6 Å². The smallest absolute Gasteiger partial charge is 0.224 e. The zero-order chi connectivity index (χ0) is 12.1. The van der Waals surface area contributed by atoms with Crippen molar-refractivity contribution in [3.05, 3.63) is 18.0 Å². The summed E-state index contributed by atoms with van der Waals surface area (Å²) in [5.74, 6) is 0.309. The quantitative estimate of drug-likeness (QED) is 0.791. The number of rotatable bonds is 4. The van der Waals surface area contributed by atoms with Crippen LogP contribution in [-0.4, -0.2) is 35.3 Å². The summed E-state index contributed by atoms with van der Waals surface area (Å²) in [7, 11) is 0. The highest BCUT2D eigenvalue weighted by Gasteiger charge is 2.19. The molecular weight excluding hydrogens is 216 g/mol. The average Bonchev–Trinajstić information content (AvgIpc) is 2.76. The van der Waals surface area contributed by atoms with Gasteiger partial charge in [-0.3, -0.25) is 9.48 Å². The molecule has 0 radical (unpaired) electrons. The fraction of sp³-hybridized carbons (Fsp3) is 0.667. The third kappa shape index (κ3) is 3.56. The Labute approximate surface area is 102 Å². The topological polar surface area (TPSA) is 59.0 Å². The zero-order valence-corrected chi connectivity index (χ0v) is 10.3. The van der Waals surface area contributed by atoms with Gasteiger partial charge in [-0.15, -0.1) is 0 Å². The minimum Gasteiger partial charge on any atom is -0.354 e. The van der Waals surface area contributed by atoms with Crippen LogP contribution in [0, 0.1) is 12.8 Å². The molecule has 1 amide bonds. The maximum Gasteiger partial charge on any atom is 0.224 e. The summed E-state index contributed by atoms with van der Waals surface area (Å²) in [6, 6.07) is 0. The molecule has 1 aliphatic heterocycles. The molecule has 0 spiro atoms. The standard InChI is InChI=1S/C12H20N4O/c1-10-7-15-16(9-10)6-5-14-12(17)11-3-2-4-13-8-11/h7,9,11,13H,2-6,8H2,1H3,(H,14,17). The van der Waals surface area contributed by atoms with Crippen LogP contribution in [0.25, 0.3) is 0 Å². The molecule has 1 fully saturated rings. The van der Waals surface area contributed by atoms with Crippen molar-refractivity contribution in [2.24, 2.45) is 5.92 Å². The minimum absolute atomic E-state index is 0.142. The maximum atomic E-state index is 11.8. The van der Waals surface area contributed by atoms with E-state index >= 15 is 0 Å². The lowest BCUT2D eigenvalue weighted by Gasteiger charge is -2.21. The van der Waals surface area contributed by atoms with E-state index in [0.717, 1.165) is 38.0 Å². The van der Waals surface area contributed by atoms with Gasteiger partial charge >= 0.3 is 0 Å². The first-order valence-electron chi connectivity index (χ1n) is 6.23. The van der Waals surface area contributed by atoms with Crippen LogP contribution in [-0.2, 0) is 11.3 Å². The highest BCUT2D eigenvalue weighted by Crippen LogP contribution is 2.09. The number of carbonyl (C=O) groups excluding carboxylic acids is 1. The summed E-state index contributed by atoms with van der Waals surface area (Å²) in [6.07, 6.45) is 5.90. The molecule has 2 heterocycles. The second-order valence-electron chi connectivity index (χ2n) is 4.62. The first-order valence-corrected chi connectivity index (χ1v) is 6.23. The van der Waals surface area contributed by atoms with Crippen LogP contribution in [0.1, 0.15) is 18.4 Å². The van der Waals surface area contributed by atoms with Crippen molar-refractivity contribution in [2.45, 2.75) is 26.3 Å². The molecule has 5 nitrogen and oxygen atoms in total. The number of hydrogen-bond acceptors (Lipinski definition) is 3. The third-order valence-corrected chi connectivity index (χ3v) is 3.07. The van der Waals surface area contributed by atoms with E-state index in [9.17, 15) is 4.79 Å². The van der Waals surface area contributed by atoms with Crippen LogP contribution in [0.4, 0.5) is 0 Å². The van der Waals surface area contributed by atoms with Crippen LogP contribution in [0.2, 0.25) is 0 Å². The van der Waals surface area contributed by atoms with Gasteiger partial charge in [0.25, 0.3) is 0 Å². The minimum atomic E-state index is 0.142. The number of aryl methyl sites for hydroxylation is 1. The Morgan fingerprint density at radius 3 is 3.24 bits per heavy atom. The molecule has 1 atom stereocenters. The van der Waals surface area contributed by atoms with Crippen molar-refractivity contribution in [1.82, 2.24) is 20.4 Å². The molecular formula is C12H20N4O. The molecule has 1 aliphatic rings. The van der Waals surface area contributed by atoms with E-state index in [4.69, 9.17) is 0 Å².